The topological polar surface area (TPSA) is 83.7 Å². The molecule has 0 spiro atoms. The fourth-order valence-electron chi connectivity index (χ4n) is 2.96. The Morgan fingerprint density at radius 3 is 2.86 bits per heavy atom. The van der Waals surface area contributed by atoms with Crippen LogP contribution in [0.5, 0.6) is 0 Å². The van der Waals surface area contributed by atoms with E-state index in [0.29, 0.717) is 0 Å². The SMILES string of the molecule is C=C1CCN(c2ccnc3[nH]cc(-c4ccnc(N)n4)c23)C1. The van der Waals surface area contributed by atoms with Gasteiger partial charge in [-0.25, -0.2) is 15.0 Å². The normalized spacial score (nSPS) is 14.9. The summed E-state index contributed by atoms with van der Waals surface area (Å²) in [5.41, 5.74) is 10.8. The van der Waals surface area contributed by atoms with Gasteiger partial charge >= 0.3 is 0 Å². The van der Waals surface area contributed by atoms with E-state index in [0.717, 1.165) is 47.5 Å². The van der Waals surface area contributed by atoms with Crippen molar-refractivity contribution in [3.05, 3.63) is 42.9 Å². The van der Waals surface area contributed by atoms with Crippen molar-refractivity contribution in [3.8, 4) is 11.3 Å². The van der Waals surface area contributed by atoms with Crippen LogP contribution in [-0.4, -0.2) is 33.0 Å². The number of fused-ring (bicyclic) bond motifs is 1. The van der Waals surface area contributed by atoms with Gasteiger partial charge in [0.15, 0.2) is 0 Å². The van der Waals surface area contributed by atoms with Gasteiger partial charge in [-0.05, 0) is 18.6 Å². The van der Waals surface area contributed by atoms with Gasteiger partial charge in [-0.1, -0.05) is 12.2 Å². The highest BCUT2D eigenvalue weighted by Gasteiger charge is 2.20. The molecule has 22 heavy (non-hydrogen) atoms. The Hall–Kier alpha value is -2.89. The number of anilines is 2. The molecule has 0 saturated carbocycles. The summed E-state index contributed by atoms with van der Waals surface area (Å²) in [5.74, 6) is 0.270. The Kier molecular flexibility index (Phi) is 2.82. The van der Waals surface area contributed by atoms with Crippen molar-refractivity contribution in [1.82, 2.24) is 19.9 Å². The molecule has 1 fully saturated rings. The lowest BCUT2D eigenvalue weighted by Gasteiger charge is -2.19. The zero-order chi connectivity index (χ0) is 15.1. The minimum atomic E-state index is 0.270. The average molecular weight is 292 g/mol. The Labute approximate surface area is 127 Å². The zero-order valence-corrected chi connectivity index (χ0v) is 12.1. The smallest absolute Gasteiger partial charge is 0.220 e. The summed E-state index contributed by atoms with van der Waals surface area (Å²) < 4.78 is 0. The number of hydrogen-bond donors (Lipinski definition) is 2. The molecule has 1 aliphatic heterocycles. The van der Waals surface area contributed by atoms with Crippen molar-refractivity contribution < 1.29 is 0 Å². The minimum Gasteiger partial charge on any atom is -0.368 e. The molecule has 0 atom stereocenters. The van der Waals surface area contributed by atoms with Crippen LogP contribution < -0.4 is 10.6 Å². The standard InChI is InChI=1S/C16H16N6/c1-10-4-7-22(9-10)13-3-6-18-15-14(13)11(8-20-15)12-2-5-19-16(17)21-12/h2-3,5-6,8H,1,4,7,9H2,(H,18,20)(H2,17,19,21). The third kappa shape index (κ3) is 2.00. The highest BCUT2D eigenvalue weighted by molar-refractivity contribution is 6.02. The number of aromatic amines is 1. The van der Waals surface area contributed by atoms with Gasteiger partial charge in [0.1, 0.15) is 5.65 Å². The van der Waals surface area contributed by atoms with E-state index in [2.05, 4.69) is 31.4 Å². The monoisotopic (exact) mass is 292 g/mol. The molecule has 3 aromatic rings. The molecule has 1 aliphatic rings. The minimum absolute atomic E-state index is 0.270. The lowest BCUT2D eigenvalue weighted by atomic mass is 10.1. The molecule has 0 aromatic carbocycles. The maximum absolute atomic E-state index is 5.72. The van der Waals surface area contributed by atoms with Crippen molar-refractivity contribution in [2.45, 2.75) is 6.42 Å². The van der Waals surface area contributed by atoms with Crippen molar-refractivity contribution in [3.63, 3.8) is 0 Å². The van der Waals surface area contributed by atoms with E-state index in [1.165, 1.54) is 5.57 Å². The van der Waals surface area contributed by atoms with E-state index < -0.39 is 0 Å². The molecule has 0 radical (unpaired) electrons. The number of nitrogen functional groups attached to an aromatic ring is 1. The number of nitrogens with zero attached hydrogens (tertiary/aromatic N) is 4. The fourth-order valence-corrected chi connectivity index (χ4v) is 2.96. The molecule has 0 bridgehead atoms. The van der Waals surface area contributed by atoms with Crippen molar-refractivity contribution >= 4 is 22.7 Å². The maximum atomic E-state index is 5.72. The second-order valence-electron chi connectivity index (χ2n) is 5.48. The summed E-state index contributed by atoms with van der Waals surface area (Å²) in [6, 6.07) is 3.90. The van der Waals surface area contributed by atoms with Crippen molar-refractivity contribution in [2.75, 3.05) is 23.7 Å². The predicted octanol–water partition coefficient (Wildman–Crippen LogP) is 2.37. The predicted molar refractivity (Wildman–Crippen MR) is 87.5 cm³/mol. The summed E-state index contributed by atoms with van der Waals surface area (Å²) >= 11 is 0. The molecule has 3 N–H and O–H groups in total. The number of nitrogens with two attached hydrogens (primary N) is 1. The molecule has 1 saturated heterocycles. The van der Waals surface area contributed by atoms with Gasteiger partial charge in [-0.15, -0.1) is 0 Å². The fraction of sp³-hybridized carbons (Fsp3) is 0.188. The molecule has 0 aliphatic carbocycles. The van der Waals surface area contributed by atoms with E-state index in [-0.39, 0.29) is 5.95 Å². The number of hydrogen-bond acceptors (Lipinski definition) is 5. The molecule has 6 nitrogen and oxygen atoms in total. The quantitative estimate of drug-likeness (QED) is 0.708. The average Bonchev–Trinajstić information content (AvgIpc) is 3.13. The van der Waals surface area contributed by atoms with Crippen LogP contribution in [0.4, 0.5) is 11.6 Å². The molecular weight excluding hydrogens is 276 g/mol. The lowest BCUT2D eigenvalue weighted by Crippen LogP contribution is -2.18. The second-order valence-corrected chi connectivity index (χ2v) is 5.48. The first kappa shape index (κ1) is 12.8. The van der Waals surface area contributed by atoms with Crippen LogP contribution in [0.1, 0.15) is 6.42 Å². The van der Waals surface area contributed by atoms with E-state index >= 15 is 0 Å². The summed E-state index contributed by atoms with van der Waals surface area (Å²) in [4.78, 5) is 18.3. The van der Waals surface area contributed by atoms with Crippen LogP contribution in [0, 0.1) is 0 Å². The first-order valence-corrected chi connectivity index (χ1v) is 7.19. The van der Waals surface area contributed by atoms with E-state index in [9.17, 15) is 0 Å². The number of aromatic nitrogens is 4. The number of H-pyrrole nitrogens is 1. The van der Waals surface area contributed by atoms with E-state index in [1.807, 2.05) is 24.5 Å². The molecule has 0 unspecified atom stereocenters. The summed E-state index contributed by atoms with van der Waals surface area (Å²) in [6.45, 7) is 5.95. The van der Waals surface area contributed by atoms with Crippen LogP contribution in [-0.2, 0) is 0 Å². The summed E-state index contributed by atoms with van der Waals surface area (Å²) in [6.07, 6.45) is 6.45. The van der Waals surface area contributed by atoms with Gasteiger partial charge in [0.2, 0.25) is 5.95 Å². The van der Waals surface area contributed by atoms with Gasteiger partial charge in [-0.2, -0.15) is 0 Å². The molecule has 110 valence electrons. The number of rotatable bonds is 2. The number of nitrogens with one attached hydrogen (secondary N) is 1. The summed E-state index contributed by atoms with van der Waals surface area (Å²) in [7, 11) is 0. The first-order valence-electron chi connectivity index (χ1n) is 7.19. The van der Waals surface area contributed by atoms with Crippen LogP contribution >= 0.6 is 0 Å². The van der Waals surface area contributed by atoms with Crippen LogP contribution in [0.25, 0.3) is 22.3 Å². The maximum Gasteiger partial charge on any atom is 0.220 e. The van der Waals surface area contributed by atoms with E-state index in [4.69, 9.17) is 5.73 Å². The molecule has 4 heterocycles. The van der Waals surface area contributed by atoms with Gasteiger partial charge in [0.25, 0.3) is 0 Å². The Morgan fingerprint density at radius 2 is 2.09 bits per heavy atom. The van der Waals surface area contributed by atoms with E-state index in [1.54, 1.807) is 6.20 Å². The molecule has 3 aromatic heterocycles. The Bertz CT molecular complexity index is 866. The lowest BCUT2D eigenvalue weighted by molar-refractivity contribution is 0.972. The van der Waals surface area contributed by atoms with Crippen molar-refractivity contribution in [2.24, 2.45) is 0 Å². The number of pyridine rings is 1. The highest BCUT2D eigenvalue weighted by atomic mass is 15.2. The van der Waals surface area contributed by atoms with Crippen LogP contribution in [0.2, 0.25) is 0 Å². The zero-order valence-electron chi connectivity index (χ0n) is 12.1. The highest BCUT2D eigenvalue weighted by Crippen LogP contribution is 2.35. The third-order valence-corrected chi connectivity index (χ3v) is 3.99. The van der Waals surface area contributed by atoms with Gasteiger partial charge < -0.3 is 15.6 Å². The van der Waals surface area contributed by atoms with Gasteiger partial charge in [0.05, 0.1) is 16.8 Å². The van der Waals surface area contributed by atoms with Gasteiger partial charge in [-0.3, -0.25) is 0 Å². The Morgan fingerprint density at radius 1 is 1.23 bits per heavy atom. The van der Waals surface area contributed by atoms with Gasteiger partial charge in [0, 0.05) is 37.2 Å². The largest absolute Gasteiger partial charge is 0.368 e. The molecule has 4 rings (SSSR count). The molecular formula is C16H16N6. The van der Waals surface area contributed by atoms with Crippen LogP contribution in [0.15, 0.2) is 42.9 Å². The molecule has 0 amide bonds. The second kappa shape index (κ2) is 4.84. The molecule has 6 heteroatoms. The first-order chi connectivity index (χ1) is 10.7. The third-order valence-electron chi connectivity index (χ3n) is 3.99. The van der Waals surface area contributed by atoms with Crippen molar-refractivity contribution in [1.29, 1.82) is 0 Å². The summed E-state index contributed by atoms with van der Waals surface area (Å²) in [5, 5.41) is 1.07. The Balaban J connectivity index is 1.91. The van der Waals surface area contributed by atoms with Crippen LogP contribution in [0.3, 0.4) is 0 Å².